The minimum atomic E-state index is -0.358. The molecule has 1 fully saturated rings. The fourth-order valence-electron chi connectivity index (χ4n) is 5.79. The van der Waals surface area contributed by atoms with Gasteiger partial charge in [-0.25, -0.2) is 19.2 Å². The number of halogens is 1. The van der Waals surface area contributed by atoms with Crippen LogP contribution < -0.4 is 10.6 Å². The van der Waals surface area contributed by atoms with E-state index >= 15 is 0 Å². The van der Waals surface area contributed by atoms with Gasteiger partial charge in [0.15, 0.2) is 5.82 Å². The fraction of sp³-hybridized carbons (Fsp3) is 0.548. The molecule has 0 radical (unpaired) electrons. The van der Waals surface area contributed by atoms with Gasteiger partial charge in [-0.15, -0.1) is 0 Å². The van der Waals surface area contributed by atoms with E-state index < -0.39 is 0 Å². The molecule has 8 nitrogen and oxygen atoms in total. The zero-order valence-electron chi connectivity index (χ0n) is 23.5. The normalized spacial score (nSPS) is 18.5. The van der Waals surface area contributed by atoms with Crippen molar-refractivity contribution in [3.05, 3.63) is 59.7 Å². The lowest BCUT2D eigenvalue weighted by Crippen LogP contribution is -2.44. The first-order valence-electron chi connectivity index (χ1n) is 14.9. The van der Waals surface area contributed by atoms with Gasteiger partial charge in [0.25, 0.3) is 0 Å². The highest BCUT2D eigenvalue weighted by molar-refractivity contribution is 5.84. The molecular weight excluding hydrogens is 507 g/mol. The van der Waals surface area contributed by atoms with E-state index in [1.165, 1.54) is 25.1 Å². The van der Waals surface area contributed by atoms with Crippen LogP contribution in [-0.4, -0.2) is 51.4 Å². The lowest BCUT2D eigenvalue weighted by atomic mass is 9.91. The van der Waals surface area contributed by atoms with Crippen molar-refractivity contribution < 1.29 is 13.9 Å². The summed E-state index contributed by atoms with van der Waals surface area (Å²) in [5.74, 6) is 0.232. The smallest absolute Gasteiger partial charge is 0.315 e. The molecule has 40 heavy (non-hydrogen) atoms. The van der Waals surface area contributed by atoms with Crippen molar-refractivity contribution in [3.8, 4) is 0 Å². The number of fused-ring (bicyclic) bond motifs is 2. The van der Waals surface area contributed by atoms with Crippen LogP contribution in [0.5, 0.6) is 0 Å². The van der Waals surface area contributed by atoms with E-state index in [4.69, 9.17) is 9.72 Å². The monoisotopic (exact) mass is 548 g/mol. The van der Waals surface area contributed by atoms with Crippen molar-refractivity contribution >= 4 is 22.6 Å². The average molecular weight is 549 g/mol. The summed E-state index contributed by atoms with van der Waals surface area (Å²) in [5, 5.41) is 7.18. The summed E-state index contributed by atoms with van der Waals surface area (Å²) in [6.45, 7) is 4.54. The standard InChI is InChI=1S/C31H41FN6O2/c1-2-3-6-16-40-17-7-4-5-14-33-31(39)36-24-9-8-10-25(19-24)38-15-13-22-20-35-29(37-30(22)38)26-11-12-28-27(26)18-23(32)21-34-28/h11,13,15,18,20-21,24-25H,2-10,12,14,16-17,19H2,1H3,(H2,33,36,39)/t24-,25+/m0/s1. The lowest BCUT2D eigenvalue weighted by molar-refractivity contribution is 0.126. The first kappa shape index (κ1) is 28.2. The molecule has 2 aliphatic rings. The lowest BCUT2D eigenvalue weighted by Gasteiger charge is -2.31. The number of amides is 2. The zero-order chi connectivity index (χ0) is 27.7. The minimum Gasteiger partial charge on any atom is -0.381 e. The SMILES string of the molecule is CCCCCOCCCCCNC(=O)N[C@H]1CCC[C@@H](n2ccc3cnc(C4=CCc5ncc(F)cc54)nc32)C1. The predicted molar refractivity (Wildman–Crippen MR) is 155 cm³/mol. The second kappa shape index (κ2) is 13.8. The molecule has 0 saturated heterocycles. The number of ether oxygens (including phenoxy) is 1. The predicted octanol–water partition coefficient (Wildman–Crippen LogP) is 6.11. The largest absolute Gasteiger partial charge is 0.381 e. The zero-order valence-corrected chi connectivity index (χ0v) is 23.5. The summed E-state index contributed by atoms with van der Waals surface area (Å²) in [5.41, 5.74) is 3.31. The Morgan fingerprint density at radius 1 is 1.12 bits per heavy atom. The molecule has 2 atom stereocenters. The highest BCUT2D eigenvalue weighted by atomic mass is 19.1. The van der Waals surface area contributed by atoms with Gasteiger partial charge in [-0.05, 0) is 63.5 Å². The number of rotatable bonds is 13. The van der Waals surface area contributed by atoms with Crippen LogP contribution in [0.4, 0.5) is 9.18 Å². The number of hydrogen-bond acceptors (Lipinski definition) is 5. The molecule has 3 aromatic rings. The Bertz CT molecular complexity index is 1320. The molecule has 3 heterocycles. The molecule has 0 unspecified atom stereocenters. The first-order chi connectivity index (χ1) is 19.6. The number of urea groups is 1. The number of carbonyl (C=O) groups is 1. The van der Waals surface area contributed by atoms with Crippen LogP contribution in [0, 0.1) is 5.82 Å². The molecule has 5 rings (SSSR count). The number of nitrogens with one attached hydrogen (secondary N) is 2. The third-order valence-electron chi connectivity index (χ3n) is 7.94. The highest BCUT2D eigenvalue weighted by Crippen LogP contribution is 2.34. The van der Waals surface area contributed by atoms with Gasteiger partial charge in [-0.3, -0.25) is 4.98 Å². The third kappa shape index (κ3) is 7.05. The van der Waals surface area contributed by atoms with Crippen molar-refractivity contribution in [2.75, 3.05) is 19.8 Å². The van der Waals surface area contributed by atoms with Crippen LogP contribution in [-0.2, 0) is 11.2 Å². The average Bonchev–Trinajstić information content (AvgIpc) is 3.58. The molecule has 0 spiro atoms. The topological polar surface area (TPSA) is 94.0 Å². The third-order valence-corrected chi connectivity index (χ3v) is 7.94. The Morgan fingerprint density at radius 3 is 2.88 bits per heavy atom. The Morgan fingerprint density at radius 2 is 2.00 bits per heavy atom. The van der Waals surface area contributed by atoms with E-state index in [-0.39, 0.29) is 23.9 Å². The molecular formula is C31H41FN6O2. The number of allylic oxidation sites excluding steroid dienone is 1. The maximum Gasteiger partial charge on any atom is 0.315 e. The molecule has 9 heteroatoms. The molecule has 0 aromatic carbocycles. The Hall–Kier alpha value is -3.33. The van der Waals surface area contributed by atoms with Crippen LogP contribution >= 0.6 is 0 Å². The maximum atomic E-state index is 13.9. The summed E-state index contributed by atoms with van der Waals surface area (Å²) in [6.07, 6.45) is 18.4. The molecule has 1 saturated carbocycles. The van der Waals surface area contributed by atoms with Crippen LogP contribution in [0.1, 0.15) is 94.3 Å². The van der Waals surface area contributed by atoms with Crippen LogP contribution in [0.25, 0.3) is 16.6 Å². The fourth-order valence-corrected chi connectivity index (χ4v) is 5.79. The van der Waals surface area contributed by atoms with E-state index in [0.29, 0.717) is 18.8 Å². The second-order valence-electron chi connectivity index (χ2n) is 11.0. The van der Waals surface area contributed by atoms with Crippen molar-refractivity contribution in [1.82, 2.24) is 30.2 Å². The number of carbonyl (C=O) groups excluding carboxylic acids is 1. The van der Waals surface area contributed by atoms with Gasteiger partial charge in [0.2, 0.25) is 0 Å². The van der Waals surface area contributed by atoms with Gasteiger partial charge in [0, 0.05) is 67.2 Å². The Balaban J connectivity index is 1.12. The number of aromatic nitrogens is 4. The van der Waals surface area contributed by atoms with Crippen molar-refractivity contribution in [2.45, 2.75) is 89.6 Å². The van der Waals surface area contributed by atoms with Gasteiger partial charge in [-0.2, -0.15) is 0 Å². The van der Waals surface area contributed by atoms with Gasteiger partial charge in [0.1, 0.15) is 11.5 Å². The van der Waals surface area contributed by atoms with Crippen LogP contribution in [0.15, 0.2) is 36.8 Å². The summed E-state index contributed by atoms with van der Waals surface area (Å²) < 4.78 is 21.8. The summed E-state index contributed by atoms with van der Waals surface area (Å²) in [4.78, 5) is 26.3. The quantitative estimate of drug-likeness (QED) is 0.251. The number of nitrogens with zero attached hydrogens (tertiary/aromatic N) is 4. The van der Waals surface area contributed by atoms with Crippen LogP contribution in [0.3, 0.4) is 0 Å². The van der Waals surface area contributed by atoms with Gasteiger partial charge >= 0.3 is 6.03 Å². The van der Waals surface area contributed by atoms with Crippen LogP contribution in [0.2, 0.25) is 0 Å². The highest BCUT2D eigenvalue weighted by Gasteiger charge is 2.26. The summed E-state index contributed by atoms with van der Waals surface area (Å²) in [7, 11) is 0. The number of pyridine rings is 1. The van der Waals surface area contributed by atoms with Crippen molar-refractivity contribution in [1.29, 1.82) is 0 Å². The van der Waals surface area contributed by atoms with Crippen molar-refractivity contribution in [2.24, 2.45) is 0 Å². The first-order valence-corrected chi connectivity index (χ1v) is 14.9. The maximum absolute atomic E-state index is 13.9. The second-order valence-corrected chi connectivity index (χ2v) is 11.0. The molecule has 0 bridgehead atoms. The van der Waals surface area contributed by atoms with E-state index in [9.17, 15) is 9.18 Å². The molecule has 2 aliphatic carbocycles. The molecule has 0 aliphatic heterocycles. The minimum absolute atomic E-state index is 0.0869. The van der Waals surface area contributed by atoms with E-state index in [1.807, 2.05) is 18.3 Å². The summed E-state index contributed by atoms with van der Waals surface area (Å²) in [6, 6.07) is 3.82. The van der Waals surface area contributed by atoms with Crippen molar-refractivity contribution in [3.63, 3.8) is 0 Å². The van der Waals surface area contributed by atoms with Gasteiger partial charge in [-0.1, -0.05) is 25.8 Å². The Kier molecular flexibility index (Phi) is 9.76. The number of hydrogen-bond donors (Lipinski definition) is 2. The molecule has 2 amide bonds. The van der Waals surface area contributed by atoms with E-state index in [0.717, 1.165) is 92.4 Å². The van der Waals surface area contributed by atoms with E-state index in [2.05, 4.69) is 38.3 Å². The Labute approximate surface area is 235 Å². The molecule has 214 valence electrons. The molecule has 2 N–H and O–H groups in total. The van der Waals surface area contributed by atoms with E-state index in [1.54, 1.807) is 0 Å². The van der Waals surface area contributed by atoms with Gasteiger partial charge < -0.3 is 19.9 Å². The van der Waals surface area contributed by atoms with Gasteiger partial charge in [0.05, 0.1) is 11.9 Å². The number of unbranched alkanes of at least 4 members (excludes halogenated alkanes) is 4. The molecule has 3 aromatic heterocycles. The summed E-state index contributed by atoms with van der Waals surface area (Å²) >= 11 is 0.